The summed E-state index contributed by atoms with van der Waals surface area (Å²) in [5, 5.41) is 4.65. The molecule has 3 rings (SSSR count). The molecule has 0 amide bonds. The fraction of sp³-hybridized carbons (Fsp3) is 0.250. The first-order chi connectivity index (χ1) is 9.24. The molecule has 2 unspecified atom stereocenters. The van der Waals surface area contributed by atoms with Gasteiger partial charge in [-0.25, -0.2) is 0 Å². The molecule has 0 aliphatic rings. The monoisotopic (exact) mass is 255 g/mol. The van der Waals surface area contributed by atoms with Crippen molar-refractivity contribution in [2.75, 3.05) is 0 Å². The zero-order chi connectivity index (χ0) is 13.2. The summed E-state index contributed by atoms with van der Waals surface area (Å²) in [6.07, 6.45) is 3.46. The topological polar surface area (TPSA) is 38.3 Å². The Labute approximate surface area is 112 Å². The van der Waals surface area contributed by atoms with Crippen LogP contribution in [0.25, 0.3) is 11.0 Å². The van der Waals surface area contributed by atoms with Gasteiger partial charge in [-0.15, -0.1) is 0 Å². The Morgan fingerprint density at radius 2 is 1.89 bits per heavy atom. The van der Waals surface area contributed by atoms with Gasteiger partial charge < -0.3 is 14.2 Å². The molecule has 3 heteroatoms. The van der Waals surface area contributed by atoms with Crippen LogP contribution in [-0.4, -0.2) is 0 Å². The number of benzene rings is 1. The Morgan fingerprint density at radius 1 is 1.05 bits per heavy atom. The lowest BCUT2D eigenvalue weighted by atomic mass is 10.1. The number of hydrogen-bond acceptors (Lipinski definition) is 3. The molecule has 3 aromatic rings. The molecule has 0 fully saturated rings. The molecule has 98 valence electrons. The van der Waals surface area contributed by atoms with E-state index in [9.17, 15) is 0 Å². The van der Waals surface area contributed by atoms with Crippen LogP contribution in [0, 0.1) is 0 Å². The van der Waals surface area contributed by atoms with E-state index >= 15 is 0 Å². The Morgan fingerprint density at radius 3 is 2.63 bits per heavy atom. The summed E-state index contributed by atoms with van der Waals surface area (Å²) < 4.78 is 11.0. The Balaban J connectivity index is 1.78. The van der Waals surface area contributed by atoms with E-state index in [0.29, 0.717) is 0 Å². The predicted octanol–water partition coefficient (Wildman–Crippen LogP) is 4.44. The highest BCUT2D eigenvalue weighted by molar-refractivity contribution is 5.77. The van der Waals surface area contributed by atoms with Crippen molar-refractivity contribution in [1.82, 2.24) is 5.32 Å². The van der Waals surface area contributed by atoms with Crippen molar-refractivity contribution in [2.45, 2.75) is 25.9 Å². The minimum absolute atomic E-state index is 0.150. The molecule has 0 aliphatic heterocycles. The standard InChI is InChI=1S/C16H17NO2/c1-11(14-7-8-18-10-14)17-12(2)16-9-13-5-3-4-6-15(13)19-16/h3-12,17H,1-2H3. The van der Waals surface area contributed by atoms with Crippen LogP contribution in [0.3, 0.4) is 0 Å². The van der Waals surface area contributed by atoms with E-state index < -0.39 is 0 Å². The van der Waals surface area contributed by atoms with E-state index in [2.05, 4.69) is 31.3 Å². The summed E-state index contributed by atoms with van der Waals surface area (Å²) in [7, 11) is 0. The lowest BCUT2D eigenvalue weighted by Crippen LogP contribution is -2.21. The summed E-state index contributed by atoms with van der Waals surface area (Å²) in [5.41, 5.74) is 2.07. The molecule has 3 nitrogen and oxygen atoms in total. The molecule has 2 aromatic heterocycles. The zero-order valence-electron chi connectivity index (χ0n) is 11.1. The summed E-state index contributed by atoms with van der Waals surface area (Å²) in [5.74, 6) is 0.955. The smallest absolute Gasteiger partial charge is 0.134 e. The van der Waals surface area contributed by atoms with E-state index in [4.69, 9.17) is 8.83 Å². The number of rotatable bonds is 4. The molecule has 1 N–H and O–H groups in total. The van der Waals surface area contributed by atoms with Gasteiger partial charge in [-0.2, -0.15) is 0 Å². The number of furan rings is 2. The van der Waals surface area contributed by atoms with Crippen molar-refractivity contribution in [2.24, 2.45) is 0 Å². The van der Waals surface area contributed by atoms with Gasteiger partial charge in [0.25, 0.3) is 0 Å². The number of nitrogens with one attached hydrogen (secondary N) is 1. The highest BCUT2D eigenvalue weighted by atomic mass is 16.3. The molecule has 0 spiro atoms. The van der Waals surface area contributed by atoms with Gasteiger partial charge in [0.1, 0.15) is 11.3 Å². The highest BCUT2D eigenvalue weighted by Crippen LogP contribution is 2.25. The van der Waals surface area contributed by atoms with Crippen molar-refractivity contribution in [3.05, 3.63) is 60.2 Å². The van der Waals surface area contributed by atoms with Gasteiger partial charge in [-0.3, -0.25) is 0 Å². The van der Waals surface area contributed by atoms with Crippen LogP contribution in [0.5, 0.6) is 0 Å². The fourth-order valence-electron chi connectivity index (χ4n) is 2.29. The molecule has 0 saturated carbocycles. The molecule has 0 saturated heterocycles. The zero-order valence-corrected chi connectivity index (χ0v) is 11.1. The molecule has 19 heavy (non-hydrogen) atoms. The quantitative estimate of drug-likeness (QED) is 0.749. The van der Waals surface area contributed by atoms with E-state index in [0.717, 1.165) is 22.3 Å². The average molecular weight is 255 g/mol. The third-order valence-corrected chi connectivity index (χ3v) is 3.41. The molecule has 0 aliphatic carbocycles. The Kier molecular flexibility index (Phi) is 3.13. The van der Waals surface area contributed by atoms with Crippen LogP contribution in [0.2, 0.25) is 0 Å². The third-order valence-electron chi connectivity index (χ3n) is 3.41. The van der Waals surface area contributed by atoms with E-state index in [1.54, 1.807) is 12.5 Å². The minimum atomic E-state index is 0.150. The molecule has 0 bridgehead atoms. The summed E-state index contributed by atoms with van der Waals surface area (Å²) in [6.45, 7) is 4.22. The normalized spacial score (nSPS) is 14.6. The second kappa shape index (κ2) is 4.94. The minimum Gasteiger partial charge on any atom is -0.472 e. The lowest BCUT2D eigenvalue weighted by molar-refractivity contribution is 0.415. The number of hydrogen-bond donors (Lipinski definition) is 1. The Hall–Kier alpha value is -2.00. The molecule has 0 radical (unpaired) electrons. The van der Waals surface area contributed by atoms with Crippen LogP contribution >= 0.6 is 0 Å². The fourth-order valence-corrected chi connectivity index (χ4v) is 2.29. The summed E-state index contributed by atoms with van der Waals surface area (Å²) >= 11 is 0. The molecular formula is C16H17NO2. The maximum absolute atomic E-state index is 5.86. The van der Waals surface area contributed by atoms with Crippen LogP contribution in [0.15, 0.2) is 57.8 Å². The van der Waals surface area contributed by atoms with Crippen molar-refractivity contribution in [3.63, 3.8) is 0 Å². The lowest BCUT2D eigenvalue weighted by Gasteiger charge is -2.17. The molecular weight excluding hydrogens is 238 g/mol. The van der Waals surface area contributed by atoms with Crippen molar-refractivity contribution in [1.29, 1.82) is 0 Å². The first kappa shape index (κ1) is 12.1. The van der Waals surface area contributed by atoms with Crippen LogP contribution in [0.1, 0.15) is 37.3 Å². The van der Waals surface area contributed by atoms with Gasteiger partial charge in [0, 0.05) is 17.0 Å². The van der Waals surface area contributed by atoms with Crippen molar-refractivity contribution in [3.8, 4) is 0 Å². The summed E-state index contributed by atoms with van der Waals surface area (Å²) in [4.78, 5) is 0. The Bertz CT molecular complexity index is 621. The van der Waals surface area contributed by atoms with Gasteiger partial charge in [0.05, 0.1) is 18.6 Å². The van der Waals surface area contributed by atoms with Gasteiger partial charge in [0.2, 0.25) is 0 Å². The van der Waals surface area contributed by atoms with Crippen molar-refractivity contribution >= 4 is 11.0 Å². The number of fused-ring (bicyclic) bond motifs is 1. The second-order valence-electron chi connectivity index (χ2n) is 4.85. The predicted molar refractivity (Wildman–Crippen MR) is 74.9 cm³/mol. The van der Waals surface area contributed by atoms with E-state index in [1.807, 2.05) is 24.3 Å². The van der Waals surface area contributed by atoms with Gasteiger partial charge in [0.15, 0.2) is 0 Å². The van der Waals surface area contributed by atoms with Gasteiger partial charge in [-0.05, 0) is 32.0 Å². The van der Waals surface area contributed by atoms with Crippen LogP contribution in [0.4, 0.5) is 0 Å². The summed E-state index contributed by atoms with van der Waals surface area (Å²) in [6, 6.07) is 12.5. The third kappa shape index (κ3) is 2.42. The number of para-hydroxylation sites is 1. The maximum atomic E-state index is 5.86. The highest BCUT2D eigenvalue weighted by Gasteiger charge is 2.15. The SMILES string of the molecule is CC(NC(C)c1cc2ccccc2o1)c1ccoc1. The van der Waals surface area contributed by atoms with Crippen LogP contribution < -0.4 is 5.32 Å². The second-order valence-corrected chi connectivity index (χ2v) is 4.85. The molecule has 2 atom stereocenters. The first-order valence-corrected chi connectivity index (χ1v) is 6.50. The molecule has 2 heterocycles. The van der Waals surface area contributed by atoms with Gasteiger partial charge >= 0.3 is 0 Å². The largest absolute Gasteiger partial charge is 0.472 e. The van der Waals surface area contributed by atoms with Crippen LogP contribution in [-0.2, 0) is 0 Å². The van der Waals surface area contributed by atoms with E-state index in [1.165, 1.54) is 0 Å². The van der Waals surface area contributed by atoms with E-state index in [-0.39, 0.29) is 12.1 Å². The average Bonchev–Trinajstić information content (AvgIpc) is 3.07. The van der Waals surface area contributed by atoms with Crippen molar-refractivity contribution < 1.29 is 8.83 Å². The maximum Gasteiger partial charge on any atom is 0.134 e. The molecule has 1 aromatic carbocycles. The van der Waals surface area contributed by atoms with Gasteiger partial charge in [-0.1, -0.05) is 18.2 Å². The first-order valence-electron chi connectivity index (χ1n) is 6.50.